The van der Waals surface area contributed by atoms with E-state index in [0.29, 0.717) is 21.2 Å². The van der Waals surface area contributed by atoms with E-state index >= 15 is 0 Å². The van der Waals surface area contributed by atoms with Gasteiger partial charge in [-0.15, -0.1) is 11.3 Å². The molecule has 0 unspecified atom stereocenters. The lowest BCUT2D eigenvalue weighted by Gasteiger charge is -2.04. The molecule has 0 aliphatic rings. The van der Waals surface area contributed by atoms with Crippen molar-refractivity contribution in [2.24, 2.45) is 0 Å². The molecule has 2 aromatic rings. The summed E-state index contributed by atoms with van der Waals surface area (Å²) in [5, 5.41) is 0.584. The molecule has 1 heterocycles. The Bertz CT molecular complexity index is 584. The molecule has 0 bridgehead atoms. The Morgan fingerprint density at radius 2 is 2.06 bits per heavy atom. The molecule has 0 fully saturated rings. The predicted molar refractivity (Wildman–Crippen MR) is 78.0 cm³/mol. The number of nitrogen functional groups attached to an aromatic ring is 1. The van der Waals surface area contributed by atoms with E-state index in [9.17, 15) is 4.79 Å². The summed E-state index contributed by atoms with van der Waals surface area (Å²) < 4.78 is 0. The molecule has 1 aromatic carbocycles. The average molecular weight is 300 g/mol. The highest BCUT2D eigenvalue weighted by molar-refractivity contribution is 7.14. The quantitative estimate of drug-likeness (QED) is 0.673. The summed E-state index contributed by atoms with van der Waals surface area (Å²) in [5.41, 5.74) is 6.49. The molecule has 0 amide bonds. The van der Waals surface area contributed by atoms with E-state index < -0.39 is 0 Å². The van der Waals surface area contributed by atoms with Crippen LogP contribution < -0.4 is 5.73 Å². The summed E-state index contributed by atoms with van der Waals surface area (Å²) >= 11 is 13.3. The molecule has 2 N–H and O–H groups in total. The van der Waals surface area contributed by atoms with Crippen LogP contribution >= 0.6 is 34.5 Å². The van der Waals surface area contributed by atoms with Crippen LogP contribution in [0.2, 0.25) is 10.0 Å². The Labute approximate surface area is 119 Å². The lowest BCUT2D eigenvalue weighted by molar-refractivity contribution is 0.104. The molecule has 2 nitrogen and oxygen atoms in total. The van der Waals surface area contributed by atoms with Gasteiger partial charge in [0.2, 0.25) is 5.78 Å². The Hall–Kier alpha value is -1.03. The maximum Gasteiger partial charge on any atom is 0.203 e. The van der Waals surface area contributed by atoms with Gasteiger partial charge in [-0.3, -0.25) is 4.79 Å². The Kier molecular flexibility index (Phi) is 3.95. The van der Waals surface area contributed by atoms with Crippen LogP contribution in [-0.2, 0) is 6.42 Å². The second-order valence-corrected chi connectivity index (χ2v) is 5.76. The van der Waals surface area contributed by atoms with E-state index in [0.717, 1.165) is 6.42 Å². The van der Waals surface area contributed by atoms with Crippen LogP contribution in [-0.4, -0.2) is 5.78 Å². The molecule has 5 heteroatoms. The predicted octanol–water partition coefficient (Wildman–Crippen LogP) is 4.43. The van der Waals surface area contributed by atoms with Gasteiger partial charge in [-0.25, -0.2) is 0 Å². The topological polar surface area (TPSA) is 43.1 Å². The molecule has 0 aliphatic carbocycles. The van der Waals surface area contributed by atoms with Crippen LogP contribution in [0.4, 0.5) is 5.69 Å². The third-order valence-corrected chi connectivity index (χ3v) is 4.60. The first kappa shape index (κ1) is 13.4. The van der Waals surface area contributed by atoms with Crippen LogP contribution in [0, 0.1) is 0 Å². The number of carbonyl (C=O) groups is 1. The van der Waals surface area contributed by atoms with Crippen LogP contribution in [0.15, 0.2) is 24.3 Å². The van der Waals surface area contributed by atoms with Crippen LogP contribution in [0.5, 0.6) is 0 Å². The molecule has 94 valence electrons. The zero-order valence-electron chi connectivity index (χ0n) is 9.67. The summed E-state index contributed by atoms with van der Waals surface area (Å²) in [7, 11) is 0. The van der Waals surface area contributed by atoms with Gasteiger partial charge in [0, 0.05) is 10.4 Å². The van der Waals surface area contributed by atoms with Crippen molar-refractivity contribution >= 4 is 46.0 Å². The zero-order chi connectivity index (χ0) is 13.3. The van der Waals surface area contributed by atoms with Gasteiger partial charge in [-0.2, -0.15) is 0 Å². The molecular weight excluding hydrogens is 289 g/mol. The highest BCUT2D eigenvalue weighted by atomic mass is 35.5. The van der Waals surface area contributed by atoms with Crippen molar-refractivity contribution in [2.45, 2.75) is 13.3 Å². The van der Waals surface area contributed by atoms with Gasteiger partial charge >= 0.3 is 0 Å². The number of ketones is 1. The van der Waals surface area contributed by atoms with Gasteiger partial charge in [0.15, 0.2) is 0 Å². The number of thiophene rings is 1. The number of rotatable bonds is 3. The molecule has 0 saturated carbocycles. The molecule has 1 aromatic heterocycles. The fourth-order valence-electron chi connectivity index (χ4n) is 1.57. The third kappa shape index (κ3) is 2.53. The minimum atomic E-state index is -0.0787. The molecule has 0 spiro atoms. The molecule has 18 heavy (non-hydrogen) atoms. The number of anilines is 1. The lowest BCUT2D eigenvalue weighted by atomic mass is 10.1. The van der Waals surface area contributed by atoms with Crippen LogP contribution in [0.3, 0.4) is 0 Å². The van der Waals surface area contributed by atoms with E-state index in [2.05, 4.69) is 6.92 Å². The first-order chi connectivity index (χ1) is 8.52. The summed E-state index contributed by atoms with van der Waals surface area (Å²) in [5.74, 6) is -0.0787. The number of halogens is 2. The van der Waals surface area contributed by atoms with Crippen molar-refractivity contribution in [3.05, 3.63) is 49.6 Å². The van der Waals surface area contributed by atoms with Crippen molar-refractivity contribution in [3.8, 4) is 0 Å². The lowest BCUT2D eigenvalue weighted by Crippen LogP contribution is -2.00. The van der Waals surface area contributed by atoms with Crippen molar-refractivity contribution in [1.29, 1.82) is 0 Å². The SMILES string of the molecule is CCc1ccc(C(=O)c2cc(N)c(Cl)c(Cl)c2)s1. The molecular formula is C13H11Cl2NOS. The second kappa shape index (κ2) is 5.31. The number of hydrogen-bond donors (Lipinski definition) is 1. The minimum absolute atomic E-state index is 0.0787. The number of aryl methyl sites for hydroxylation is 1. The van der Waals surface area contributed by atoms with Crippen molar-refractivity contribution in [1.82, 2.24) is 0 Å². The average Bonchev–Trinajstić information content (AvgIpc) is 2.83. The monoisotopic (exact) mass is 299 g/mol. The van der Waals surface area contributed by atoms with Crippen molar-refractivity contribution < 1.29 is 4.79 Å². The van der Waals surface area contributed by atoms with Crippen LogP contribution in [0.25, 0.3) is 0 Å². The van der Waals surface area contributed by atoms with Gasteiger partial charge < -0.3 is 5.73 Å². The molecule has 0 radical (unpaired) electrons. The van der Waals surface area contributed by atoms with Gasteiger partial charge in [-0.05, 0) is 30.7 Å². The molecule has 0 aliphatic heterocycles. The van der Waals surface area contributed by atoms with Crippen molar-refractivity contribution in [3.63, 3.8) is 0 Å². The molecule has 0 saturated heterocycles. The Balaban J connectivity index is 2.40. The molecule has 2 rings (SSSR count). The van der Waals surface area contributed by atoms with Crippen LogP contribution in [0.1, 0.15) is 27.0 Å². The number of benzene rings is 1. The highest BCUT2D eigenvalue weighted by Gasteiger charge is 2.14. The van der Waals surface area contributed by atoms with E-state index in [1.54, 1.807) is 12.1 Å². The largest absolute Gasteiger partial charge is 0.397 e. The smallest absolute Gasteiger partial charge is 0.203 e. The van der Waals surface area contributed by atoms with Gasteiger partial charge in [0.25, 0.3) is 0 Å². The number of nitrogens with two attached hydrogens (primary N) is 1. The molecule has 0 atom stereocenters. The maximum atomic E-state index is 12.2. The zero-order valence-corrected chi connectivity index (χ0v) is 12.0. The van der Waals surface area contributed by atoms with Crippen molar-refractivity contribution in [2.75, 3.05) is 5.73 Å². The number of carbonyl (C=O) groups excluding carboxylic acids is 1. The summed E-state index contributed by atoms with van der Waals surface area (Å²) in [6.07, 6.45) is 0.918. The van der Waals surface area contributed by atoms with E-state index in [-0.39, 0.29) is 10.8 Å². The highest BCUT2D eigenvalue weighted by Crippen LogP contribution is 2.31. The Morgan fingerprint density at radius 1 is 1.33 bits per heavy atom. The minimum Gasteiger partial charge on any atom is -0.397 e. The number of hydrogen-bond acceptors (Lipinski definition) is 3. The fourth-order valence-corrected chi connectivity index (χ4v) is 2.82. The maximum absolute atomic E-state index is 12.2. The van der Waals surface area contributed by atoms with Gasteiger partial charge in [-0.1, -0.05) is 30.1 Å². The third-order valence-electron chi connectivity index (χ3n) is 2.55. The first-order valence-electron chi connectivity index (χ1n) is 5.41. The summed E-state index contributed by atoms with van der Waals surface area (Å²) in [6.45, 7) is 2.05. The van der Waals surface area contributed by atoms with E-state index in [1.807, 2.05) is 12.1 Å². The second-order valence-electron chi connectivity index (χ2n) is 3.81. The normalized spacial score (nSPS) is 10.6. The standard InChI is InChI=1S/C13H11Cl2NOS/c1-2-8-3-4-11(18-8)13(17)7-5-9(14)12(15)10(16)6-7/h3-6H,2,16H2,1H3. The Morgan fingerprint density at radius 3 is 2.61 bits per heavy atom. The van der Waals surface area contributed by atoms with E-state index in [1.165, 1.54) is 16.2 Å². The summed E-state index contributed by atoms with van der Waals surface area (Å²) in [4.78, 5) is 14.1. The first-order valence-corrected chi connectivity index (χ1v) is 6.98. The van der Waals surface area contributed by atoms with E-state index in [4.69, 9.17) is 28.9 Å². The van der Waals surface area contributed by atoms with Gasteiger partial charge in [0.05, 0.1) is 20.6 Å². The fraction of sp³-hybridized carbons (Fsp3) is 0.154. The summed E-state index contributed by atoms with van der Waals surface area (Å²) in [6, 6.07) is 6.89. The van der Waals surface area contributed by atoms with Gasteiger partial charge in [0.1, 0.15) is 0 Å².